The highest BCUT2D eigenvalue weighted by atomic mass is 32.1. The van der Waals surface area contributed by atoms with Crippen LogP contribution in [-0.4, -0.2) is 31.9 Å². The van der Waals surface area contributed by atoms with Gasteiger partial charge in [-0.2, -0.15) is 0 Å². The largest absolute Gasteiger partial charge is 0.385 e. The van der Waals surface area contributed by atoms with Gasteiger partial charge in [-0.1, -0.05) is 39.5 Å². The monoisotopic (exact) mass is 274 g/mol. The van der Waals surface area contributed by atoms with Gasteiger partial charge >= 0.3 is 0 Å². The van der Waals surface area contributed by atoms with Gasteiger partial charge in [0.15, 0.2) is 5.11 Å². The summed E-state index contributed by atoms with van der Waals surface area (Å²) in [6, 6.07) is 0. The third-order valence-electron chi connectivity index (χ3n) is 2.80. The Morgan fingerprint density at radius 3 is 2.22 bits per heavy atom. The second-order valence-electron chi connectivity index (χ2n) is 5.13. The Kier molecular flexibility index (Phi) is 12.8. The van der Waals surface area contributed by atoms with Crippen LogP contribution in [0.3, 0.4) is 0 Å². The molecule has 0 saturated heterocycles. The summed E-state index contributed by atoms with van der Waals surface area (Å²) in [6.07, 6.45) is 7.55. The first kappa shape index (κ1) is 17.6. The van der Waals surface area contributed by atoms with Crippen molar-refractivity contribution in [1.82, 2.24) is 10.6 Å². The number of methoxy groups -OCH3 is 1. The number of hydrogen-bond donors (Lipinski definition) is 2. The third kappa shape index (κ3) is 13.7. The van der Waals surface area contributed by atoms with Gasteiger partial charge in [-0.15, -0.1) is 0 Å². The lowest BCUT2D eigenvalue weighted by Gasteiger charge is -2.10. The molecule has 18 heavy (non-hydrogen) atoms. The van der Waals surface area contributed by atoms with Crippen LogP contribution in [-0.2, 0) is 4.74 Å². The summed E-state index contributed by atoms with van der Waals surface area (Å²) >= 11 is 5.18. The minimum atomic E-state index is 0.772. The number of ether oxygens (including phenoxy) is 1. The third-order valence-corrected chi connectivity index (χ3v) is 3.09. The minimum absolute atomic E-state index is 0.772. The fourth-order valence-electron chi connectivity index (χ4n) is 1.71. The van der Waals surface area contributed by atoms with Crippen LogP contribution >= 0.6 is 12.2 Å². The quantitative estimate of drug-likeness (QED) is 0.448. The van der Waals surface area contributed by atoms with Gasteiger partial charge in [-0.25, -0.2) is 0 Å². The van der Waals surface area contributed by atoms with Crippen LogP contribution in [0.2, 0.25) is 0 Å². The summed E-state index contributed by atoms with van der Waals surface area (Å²) in [4.78, 5) is 0. The molecule has 0 aliphatic heterocycles. The Bertz CT molecular complexity index is 198. The molecule has 0 heterocycles. The van der Waals surface area contributed by atoms with Crippen molar-refractivity contribution in [2.45, 2.75) is 52.4 Å². The van der Waals surface area contributed by atoms with Crippen molar-refractivity contribution in [2.24, 2.45) is 5.92 Å². The van der Waals surface area contributed by atoms with Crippen LogP contribution in [0.4, 0.5) is 0 Å². The summed E-state index contributed by atoms with van der Waals surface area (Å²) in [5.74, 6) is 0.840. The maximum Gasteiger partial charge on any atom is 0.166 e. The van der Waals surface area contributed by atoms with E-state index in [2.05, 4.69) is 24.5 Å². The van der Waals surface area contributed by atoms with Crippen molar-refractivity contribution in [3.63, 3.8) is 0 Å². The molecule has 0 aromatic rings. The zero-order chi connectivity index (χ0) is 13.6. The summed E-state index contributed by atoms with van der Waals surface area (Å²) in [5.41, 5.74) is 0. The first-order valence-corrected chi connectivity index (χ1v) is 7.58. The Hall–Kier alpha value is -0.350. The first-order valence-electron chi connectivity index (χ1n) is 7.17. The lowest BCUT2D eigenvalue weighted by Crippen LogP contribution is -2.36. The van der Waals surface area contributed by atoms with E-state index in [0.717, 1.165) is 37.1 Å². The van der Waals surface area contributed by atoms with E-state index < -0.39 is 0 Å². The summed E-state index contributed by atoms with van der Waals surface area (Å²) < 4.78 is 4.97. The van der Waals surface area contributed by atoms with E-state index in [1.807, 2.05) is 0 Å². The lowest BCUT2D eigenvalue weighted by molar-refractivity contribution is 0.195. The van der Waals surface area contributed by atoms with Crippen molar-refractivity contribution < 1.29 is 4.74 Å². The number of nitrogens with one attached hydrogen (secondary N) is 2. The van der Waals surface area contributed by atoms with E-state index in [4.69, 9.17) is 17.0 Å². The number of rotatable bonds is 11. The highest BCUT2D eigenvalue weighted by Crippen LogP contribution is 2.08. The average Bonchev–Trinajstić information content (AvgIpc) is 2.33. The predicted molar refractivity (Wildman–Crippen MR) is 83.0 cm³/mol. The van der Waals surface area contributed by atoms with Gasteiger partial charge in [0.2, 0.25) is 0 Å². The van der Waals surface area contributed by atoms with Crippen LogP contribution in [0.1, 0.15) is 52.4 Å². The molecule has 0 aliphatic rings. The van der Waals surface area contributed by atoms with Gasteiger partial charge in [0, 0.05) is 26.8 Å². The average molecular weight is 274 g/mol. The molecule has 0 saturated carbocycles. The van der Waals surface area contributed by atoms with Crippen molar-refractivity contribution in [2.75, 3.05) is 26.8 Å². The van der Waals surface area contributed by atoms with E-state index in [1.165, 1.54) is 32.1 Å². The van der Waals surface area contributed by atoms with E-state index in [0.29, 0.717) is 0 Å². The maximum absolute atomic E-state index is 5.18. The Morgan fingerprint density at radius 1 is 1.00 bits per heavy atom. The zero-order valence-corrected chi connectivity index (χ0v) is 13.1. The van der Waals surface area contributed by atoms with Crippen LogP contribution in [0, 0.1) is 5.92 Å². The highest BCUT2D eigenvalue weighted by Gasteiger charge is 1.96. The SMILES string of the molecule is COCCCNC(=S)NCCCCCCC(C)C. The predicted octanol–water partition coefficient (Wildman–Crippen LogP) is 3.09. The molecule has 0 fully saturated rings. The van der Waals surface area contributed by atoms with E-state index in [9.17, 15) is 0 Å². The van der Waals surface area contributed by atoms with Gasteiger partial charge in [-0.05, 0) is 31.0 Å². The molecule has 0 radical (unpaired) electrons. The molecule has 0 aliphatic carbocycles. The van der Waals surface area contributed by atoms with Gasteiger partial charge in [0.25, 0.3) is 0 Å². The molecule has 0 aromatic heterocycles. The van der Waals surface area contributed by atoms with E-state index in [-0.39, 0.29) is 0 Å². The summed E-state index contributed by atoms with van der Waals surface area (Å²) in [7, 11) is 1.72. The summed E-state index contributed by atoms with van der Waals surface area (Å²) in [6.45, 7) is 7.22. The second kappa shape index (κ2) is 13.1. The fraction of sp³-hybridized carbons (Fsp3) is 0.929. The summed E-state index contributed by atoms with van der Waals surface area (Å²) in [5, 5.41) is 7.19. The Balaban J connectivity index is 3.15. The molecule has 0 unspecified atom stereocenters. The standard InChI is InChI=1S/C14H30N2OS/c1-13(2)9-6-4-5-7-10-15-14(18)16-11-8-12-17-3/h13H,4-12H2,1-3H3,(H2,15,16,18). The van der Waals surface area contributed by atoms with Gasteiger partial charge < -0.3 is 15.4 Å². The second-order valence-corrected chi connectivity index (χ2v) is 5.53. The number of hydrogen-bond acceptors (Lipinski definition) is 2. The number of thiocarbonyl (C=S) groups is 1. The Labute approximate surface area is 118 Å². The molecule has 108 valence electrons. The van der Waals surface area contributed by atoms with Crippen molar-refractivity contribution in [3.05, 3.63) is 0 Å². The van der Waals surface area contributed by atoms with Crippen molar-refractivity contribution >= 4 is 17.3 Å². The maximum atomic E-state index is 5.18. The van der Waals surface area contributed by atoms with Gasteiger partial charge in [0.05, 0.1) is 0 Å². The molecule has 3 nitrogen and oxygen atoms in total. The molecule has 2 N–H and O–H groups in total. The highest BCUT2D eigenvalue weighted by molar-refractivity contribution is 7.80. The normalized spacial score (nSPS) is 10.7. The van der Waals surface area contributed by atoms with Crippen LogP contribution in [0.25, 0.3) is 0 Å². The smallest absolute Gasteiger partial charge is 0.166 e. The van der Waals surface area contributed by atoms with Gasteiger partial charge in [-0.3, -0.25) is 0 Å². The number of unbranched alkanes of at least 4 members (excludes halogenated alkanes) is 3. The van der Waals surface area contributed by atoms with Crippen LogP contribution < -0.4 is 10.6 Å². The molecule has 0 amide bonds. The van der Waals surface area contributed by atoms with Crippen molar-refractivity contribution in [3.8, 4) is 0 Å². The lowest BCUT2D eigenvalue weighted by atomic mass is 10.0. The molecule has 0 bridgehead atoms. The molecular formula is C14H30N2OS. The zero-order valence-electron chi connectivity index (χ0n) is 12.3. The molecule has 4 heteroatoms. The van der Waals surface area contributed by atoms with Crippen molar-refractivity contribution in [1.29, 1.82) is 0 Å². The molecule has 0 rings (SSSR count). The first-order chi connectivity index (χ1) is 8.66. The topological polar surface area (TPSA) is 33.3 Å². The molecule has 0 spiro atoms. The van der Waals surface area contributed by atoms with E-state index in [1.54, 1.807) is 7.11 Å². The molecule has 0 aromatic carbocycles. The molecule has 0 atom stereocenters. The molecular weight excluding hydrogens is 244 g/mol. The van der Waals surface area contributed by atoms with E-state index >= 15 is 0 Å². The Morgan fingerprint density at radius 2 is 1.61 bits per heavy atom. The minimum Gasteiger partial charge on any atom is -0.385 e. The fourth-order valence-corrected chi connectivity index (χ4v) is 1.92. The van der Waals surface area contributed by atoms with Gasteiger partial charge in [0.1, 0.15) is 0 Å². The van der Waals surface area contributed by atoms with Crippen LogP contribution in [0.15, 0.2) is 0 Å². The van der Waals surface area contributed by atoms with Crippen LogP contribution in [0.5, 0.6) is 0 Å².